The van der Waals surface area contributed by atoms with E-state index in [4.69, 9.17) is 11.6 Å². The summed E-state index contributed by atoms with van der Waals surface area (Å²) in [6, 6.07) is 24.2. The van der Waals surface area contributed by atoms with Crippen LogP contribution >= 0.6 is 22.9 Å². The summed E-state index contributed by atoms with van der Waals surface area (Å²) in [5.74, 6) is 0.495. The maximum absolute atomic E-state index is 6.43. The van der Waals surface area contributed by atoms with Gasteiger partial charge in [-0.1, -0.05) is 61.8 Å². The minimum Gasteiger partial charge on any atom is -0.307 e. The van der Waals surface area contributed by atoms with Crippen LogP contribution in [0.15, 0.2) is 66.7 Å². The van der Waals surface area contributed by atoms with Gasteiger partial charge in [-0.15, -0.1) is 11.3 Å². The Balaban J connectivity index is 1.93. The molecule has 3 heterocycles. The van der Waals surface area contributed by atoms with Gasteiger partial charge in [0.2, 0.25) is 0 Å². The van der Waals surface area contributed by atoms with Gasteiger partial charge in [-0.05, 0) is 47.2 Å². The minimum absolute atomic E-state index is 0.495. The molecule has 3 aromatic heterocycles. The van der Waals surface area contributed by atoms with E-state index in [1.54, 1.807) is 0 Å². The normalized spacial score (nSPS) is 12.4. The lowest BCUT2D eigenvalue weighted by Gasteiger charge is -2.13. The van der Waals surface area contributed by atoms with Crippen molar-refractivity contribution in [2.75, 3.05) is 0 Å². The summed E-state index contributed by atoms with van der Waals surface area (Å²) >= 11 is 8.30. The molecule has 6 rings (SSSR count). The first kappa shape index (κ1) is 16.4. The van der Waals surface area contributed by atoms with Crippen LogP contribution in [0, 0.1) is 0 Å². The van der Waals surface area contributed by atoms with Crippen molar-refractivity contribution in [2.45, 2.75) is 19.8 Å². The average molecular weight is 400 g/mol. The SMILES string of the molecule is CC(C)c1ccc2c(c1)c1cc(Cl)ccc1n1c2cc2sc3ccccc3c21. The van der Waals surface area contributed by atoms with Gasteiger partial charge in [-0.25, -0.2) is 0 Å². The van der Waals surface area contributed by atoms with E-state index in [2.05, 4.69) is 78.9 Å². The maximum atomic E-state index is 6.43. The number of halogens is 1. The third-order valence-electron chi connectivity index (χ3n) is 5.80. The van der Waals surface area contributed by atoms with Gasteiger partial charge in [0, 0.05) is 25.9 Å². The van der Waals surface area contributed by atoms with E-state index in [0.717, 1.165) is 5.02 Å². The molecule has 0 aliphatic carbocycles. The Labute approximate surface area is 171 Å². The van der Waals surface area contributed by atoms with Gasteiger partial charge in [0.05, 0.1) is 21.3 Å². The second-order valence-electron chi connectivity index (χ2n) is 7.80. The zero-order valence-corrected chi connectivity index (χ0v) is 17.2. The molecule has 0 fully saturated rings. The van der Waals surface area contributed by atoms with Crippen molar-refractivity contribution < 1.29 is 0 Å². The van der Waals surface area contributed by atoms with Crippen molar-refractivity contribution in [3.8, 4) is 0 Å². The Morgan fingerprint density at radius 1 is 0.750 bits per heavy atom. The first-order valence-corrected chi connectivity index (χ1v) is 10.8. The largest absolute Gasteiger partial charge is 0.307 e. The molecule has 0 saturated heterocycles. The first-order chi connectivity index (χ1) is 13.6. The van der Waals surface area contributed by atoms with Gasteiger partial charge < -0.3 is 4.40 Å². The number of benzene rings is 3. The number of nitrogens with zero attached hydrogens (tertiary/aromatic N) is 1. The Morgan fingerprint density at radius 3 is 2.46 bits per heavy atom. The van der Waals surface area contributed by atoms with E-state index in [1.807, 2.05) is 17.4 Å². The number of thiophene rings is 1. The van der Waals surface area contributed by atoms with E-state index >= 15 is 0 Å². The van der Waals surface area contributed by atoms with Crippen LogP contribution in [0.25, 0.3) is 47.5 Å². The highest BCUT2D eigenvalue weighted by atomic mass is 35.5. The van der Waals surface area contributed by atoms with Crippen LogP contribution in [0.4, 0.5) is 0 Å². The second-order valence-corrected chi connectivity index (χ2v) is 9.32. The summed E-state index contributed by atoms with van der Waals surface area (Å²) in [7, 11) is 0. The van der Waals surface area contributed by atoms with Gasteiger partial charge in [0.25, 0.3) is 0 Å². The molecule has 0 aliphatic rings. The smallest absolute Gasteiger partial charge is 0.0721 e. The molecule has 0 unspecified atom stereocenters. The van der Waals surface area contributed by atoms with E-state index < -0.39 is 0 Å². The quantitative estimate of drug-likeness (QED) is 0.244. The Kier molecular flexibility index (Phi) is 3.36. The second kappa shape index (κ2) is 5.73. The highest BCUT2D eigenvalue weighted by molar-refractivity contribution is 7.25. The van der Waals surface area contributed by atoms with Gasteiger partial charge in [-0.2, -0.15) is 0 Å². The lowest BCUT2D eigenvalue weighted by molar-refractivity contribution is 0.869. The molecule has 0 saturated carbocycles. The minimum atomic E-state index is 0.495. The highest BCUT2D eigenvalue weighted by Gasteiger charge is 2.16. The van der Waals surface area contributed by atoms with Crippen molar-refractivity contribution >= 4 is 70.4 Å². The number of hydrogen-bond donors (Lipinski definition) is 0. The van der Waals surface area contributed by atoms with Gasteiger partial charge >= 0.3 is 0 Å². The molecule has 0 aliphatic heterocycles. The van der Waals surface area contributed by atoms with Crippen LogP contribution in [0.3, 0.4) is 0 Å². The fraction of sp³-hybridized carbons (Fsp3) is 0.120. The first-order valence-electron chi connectivity index (χ1n) is 9.59. The predicted molar refractivity (Wildman–Crippen MR) is 124 cm³/mol. The van der Waals surface area contributed by atoms with Crippen LogP contribution < -0.4 is 0 Å². The molecule has 0 bridgehead atoms. The van der Waals surface area contributed by atoms with E-state index in [-0.39, 0.29) is 0 Å². The summed E-state index contributed by atoms with van der Waals surface area (Å²) in [5, 5.41) is 5.88. The summed E-state index contributed by atoms with van der Waals surface area (Å²) in [4.78, 5) is 0. The van der Waals surface area contributed by atoms with Crippen LogP contribution in [-0.2, 0) is 0 Å². The van der Waals surface area contributed by atoms with Crippen molar-refractivity contribution in [3.05, 3.63) is 77.3 Å². The van der Waals surface area contributed by atoms with Gasteiger partial charge in [0.15, 0.2) is 0 Å². The van der Waals surface area contributed by atoms with Crippen molar-refractivity contribution in [1.29, 1.82) is 0 Å². The monoisotopic (exact) mass is 399 g/mol. The Morgan fingerprint density at radius 2 is 1.61 bits per heavy atom. The standard InChI is InChI=1S/C25H18ClNS/c1-14(2)15-7-9-17-19(11-15)20-12-16(26)8-10-21(20)27-22(17)13-24-25(27)18-5-3-4-6-23(18)28-24/h3-14H,1-2H3. The average Bonchev–Trinajstić information content (AvgIpc) is 3.24. The highest BCUT2D eigenvalue weighted by Crippen LogP contribution is 2.41. The van der Waals surface area contributed by atoms with Crippen LogP contribution in [0.5, 0.6) is 0 Å². The number of hydrogen-bond acceptors (Lipinski definition) is 1. The Bertz CT molecular complexity index is 1550. The zero-order chi connectivity index (χ0) is 19.0. The maximum Gasteiger partial charge on any atom is 0.0721 e. The van der Waals surface area contributed by atoms with E-state index in [1.165, 1.54) is 53.1 Å². The van der Waals surface area contributed by atoms with Crippen molar-refractivity contribution in [1.82, 2.24) is 4.40 Å². The number of aromatic nitrogens is 1. The molecule has 0 N–H and O–H groups in total. The molecular formula is C25H18ClNS. The summed E-state index contributed by atoms with van der Waals surface area (Å²) in [5.41, 5.74) is 5.15. The molecule has 0 atom stereocenters. The summed E-state index contributed by atoms with van der Waals surface area (Å²) in [6.07, 6.45) is 0. The molecule has 136 valence electrons. The molecule has 1 nitrogen and oxygen atoms in total. The summed E-state index contributed by atoms with van der Waals surface area (Å²) < 4.78 is 5.09. The lowest BCUT2D eigenvalue weighted by Crippen LogP contribution is -1.93. The fourth-order valence-corrected chi connectivity index (χ4v) is 5.72. The molecule has 0 radical (unpaired) electrons. The predicted octanol–water partition coefficient (Wildman–Crippen LogP) is 8.39. The Hall–Kier alpha value is -2.55. The third-order valence-corrected chi connectivity index (χ3v) is 7.15. The molecule has 3 heteroatoms. The molecule has 0 amide bonds. The van der Waals surface area contributed by atoms with Gasteiger partial charge in [0.1, 0.15) is 0 Å². The number of pyridine rings is 1. The molecule has 0 spiro atoms. The van der Waals surface area contributed by atoms with Gasteiger partial charge in [-0.3, -0.25) is 0 Å². The van der Waals surface area contributed by atoms with E-state index in [9.17, 15) is 0 Å². The molecule has 6 aromatic rings. The third kappa shape index (κ3) is 2.13. The number of rotatable bonds is 1. The van der Waals surface area contributed by atoms with Crippen molar-refractivity contribution in [3.63, 3.8) is 0 Å². The topological polar surface area (TPSA) is 4.41 Å². The summed E-state index contributed by atoms with van der Waals surface area (Å²) in [6.45, 7) is 4.49. The van der Waals surface area contributed by atoms with Crippen LogP contribution in [0.2, 0.25) is 5.02 Å². The van der Waals surface area contributed by atoms with Crippen LogP contribution in [0.1, 0.15) is 25.3 Å². The fourth-order valence-electron chi connectivity index (χ4n) is 4.42. The number of fused-ring (bicyclic) bond motifs is 10. The van der Waals surface area contributed by atoms with Crippen molar-refractivity contribution in [2.24, 2.45) is 0 Å². The molecule has 3 aromatic carbocycles. The molecule has 28 heavy (non-hydrogen) atoms. The van der Waals surface area contributed by atoms with Crippen LogP contribution in [-0.4, -0.2) is 4.40 Å². The molecular weight excluding hydrogens is 382 g/mol. The zero-order valence-electron chi connectivity index (χ0n) is 15.7. The lowest BCUT2D eigenvalue weighted by atomic mass is 9.97. The van der Waals surface area contributed by atoms with E-state index in [0.29, 0.717) is 5.92 Å².